The van der Waals surface area contributed by atoms with Crippen molar-refractivity contribution in [2.45, 2.75) is 58.4 Å². The molecule has 0 unspecified atom stereocenters. The molecule has 0 aromatic heterocycles. The van der Waals surface area contributed by atoms with Gasteiger partial charge in [-0.3, -0.25) is 14.5 Å². The van der Waals surface area contributed by atoms with Gasteiger partial charge >= 0.3 is 5.97 Å². The summed E-state index contributed by atoms with van der Waals surface area (Å²) in [6.45, 7) is 13.2. The van der Waals surface area contributed by atoms with Gasteiger partial charge in [0.25, 0.3) is 0 Å². The van der Waals surface area contributed by atoms with Crippen LogP contribution in [0.2, 0.25) is 18.1 Å². The molecule has 1 aromatic rings. The van der Waals surface area contributed by atoms with Crippen molar-refractivity contribution in [1.29, 1.82) is 0 Å². The molecule has 1 aromatic carbocycles. The van der Waals surface area contributed by atoms with Crippen molar-refractivity contribution < 1.29 is 18.8 Å². The van der Waals surface area contributed by atoms with Crippen molar-refractivity contribution in [3.8, 4) is 0 Å². The van der Waals surface area contributed by atoms with Gasteiger partial charge < -0.3 is 9.16 Å². The zero-order chi connectivity index (χ0) is 20.0. The van der Waals surface area contributed by atoms with Gasteiger partial charge in [-0.05, 0) is 30.6 Å². The van der Waals surface area contributed by atoms with Crippen molar-refractivity contribution >= 4 is 20.1 Å². The van der Waals surface area contributed by atoms with E-state index in [4.69, 9.17) is 9.16 Å². The van der Waals surface area contributed by atoms with Crippen LogP contribution in [0.25, 0.3) is 0 Å². The monoisotopic (exact) mass is 379 g/mol. The van der Waals surface area contributed by atoms with E-state index in [-0.39, 0.29) is 29.9 Å². The molecule has 0 spiro atoms. The third-order valence-electron chi connectivity index (χ3n) is 4.98. The Morgan fingerprint density at radius 3 is 2.19 bits per heavy atom. The predicted octanol–water partition coefficient (Wildman–Crippen LogP) is 3.64. The molecule has 146 valence electrons. The van der Waals surface area contributed by atoms with Crippen LogP contribution in [-0.2, 0) is 25.3 Å². The number of ketones is 1. The predicted molar refractivity (Wildman–Crippen MR) is 106 cm³/mol. The highest BCUT2D eigenvalue weighted by Crippen LogP contribution is 2.36. The van der Waals surface area contributed by atoms with Crippen LogP contribution in [0.15, 0.2) is 30.3 Å². The molecule has 1 atom stereocenters. The minimum Gasteiger partial charge on any atom is -0.468 e. The zero-order valence-electron chi connectivity index (χ0n) is 17.2. The molecule has 0 amide bonds. The number of esters is 1. The van der Waals surface area contributed by atoms with Crippen molar-refractivity contribution in [3.05, 3.63) is 35.9 Å². The van der Waals surface area contributed by atoms with Gasteiger partial charge in [0.1, 0.15) is 11.8 Å². The molecule has 0 aliphatic carbocycles. The van der Waals surface area contributed by atoms with Gasteiger partial charge in [0.05, 0.1) is 20.3 Å². The summed E-state index contributed by atoms with van der Waals surface area (Å²) >= 11 is 0. The molecule has 0 bridgehead atoms. The van der Waals surface area contributed by atoms with E-state index in [0.717, 1.165) is 5.56 Å². The van der Waals surface area contributed by atoms with E-state index in [9.17, 15) is 9.59 Å². The van der Waals surface area contributed by atoms with Crippen LogP contribution in [-0.4, -0.2) is 51.3 Å². The zero-order valence-corrected chi connectivity index (χ0v) is 18.2. The average molecular weight is 380 g/mol. The number of hydrogen-bond acceptors (Lipinski definition) is 5. The summed E-state index contributed by atoms with van der Waals surface area (Å²) in [5, 5.41) is 0.0402. The second kappa shape index (κ2) is 9.44. The third-order valence-corrected chi connectivity index (χ3v) is 9.48. The molecule has 0 aliphatic rings. The van der Waals surface area contributed by atoms with Gasteiger partial charge in [0.2, 0.25) is 0 Å². The van der Waals surface area contributed by atoms with Crippen LogP contribution in [0.4, 0.5) is 0 Å². The largest absolute Gasteiger partial charge is 0.468 e. The Kier molecular flexibility index (Phi) is 8.18. The smallest absolute Gasteiger partial charge is 0.325 e. The maximum Gasteiger partial charge on any atom is 0.325 e. The normalized spacial score (nSPS) is 13.5. The Labute approximate surface area is 158 Å². The SMILES string of the molecule is COC(=O)[C@@H](CO[Si](C)(C)C(C)(C)C)N(CC(C)=O)Cc1ccccc1. The van der Waals surface area contributed by atoms with Gasteiger partial charge in [-0.15, -0.1) is 0 Å². The van der Waals surface area contributed by atoms with Crippen molar-refractivity contribution in [1.82, 2.24) is 4.90 Å². The first-order chi connectivity index (χ1) is 12.0. The molecule has 0 N–H and O–H groups in total. The van der Waals surface area contributed by atoms with E-state index in [2.05, 4.69) is 33.9 Å². The summed E-state index contributed by atoms with van der Waals surface area (Å²) in [6.07, 6.45) is 0. The lowest BCUT2D eigenvalue weighted by atomic mass is 10.1. The summed E-state index contributed by atoms with van der Waals surface area (Å²) < 4.78 is 11.3. The maximum absolute atomic E-state index is 12.5. The standard InChI is InChI=1S/C20H33NO4Si/c1-16(22)13-21(14-17-11-9-8-10-12-17)18(19(23)24-5)15-25-26(6,7)20(2,3)4/h8-12,18H,13-15H2,1-7H3/t18-/m1/s1. The summed E-state index contributed by atoms with van der Waals surface area (Å²) in [5.41, 5.74) is 1.04. The number of nitrogens with zero attached hydrogens (tertiary/aromatic N) is 1. The summed E-state index contributed by atoms with van der Waals surface area (Å²) in [5.74, 6) is -0.372. The summed E-state index contributed by atoms with van der Waals surface area (Å²) in [6, 6.07) is 9.18. The minimum absolute atomic E-state index is 0.00200. The van der Waals surface area contributed by atoms with Gasteiger partial charge in [0.15, 0.2) is 8.32 Å². The second-order valence-corrected chi connectivity index (χ2v) is 13.0. The fourth-order valence-electron chi connectivity index (χ4n) is 2.34. The van der Waals surface area contributed by atoms with Crippen molar-refractivity contribution in [3.63, 3.8) is 0 Å². The van der Waals surface area contributed by atoms with E-state index < -0.39 is 14.4 Å². The number of hydrogen-bond donors (Lipinski definition) is 0. The number of ether oxygens (including phenoxy) is 1. The first-order valence-corrected chi connectivity index (χ1v) is 11.9. The lowest BCUT2D eigenvalue weighted by molar-refractivity contribution is -0.149. The molecular weight excluding hydrogens is 346 g/mol. The van der Waals surface area contributed by atoms with Crippen molar-refractivity contribution in [2.24, 2.45) is 0 Å². The van der Waals surface area contributed by atoms with E-state index in [1.54, 1.807) is 0 Å². The Hall–Kier alpha value is -1.50. The first-order valence-electron chi connectivity index (χ1n) is 8.97. The Morgan fingerprint density at radius 2 is 1.73 bits per heavy atom. The molecule has 0 radical (unpaired) electrons. The molecule has 6 heteroatoms. The van der Waals surface area contributed by atoms with E-state index in [1.165, 1.54) is 14.0 Å². The summed E-state index contributed by atoms with van der Waals surface area (Å²) in [7, 11) is -0.652. The number of benzene rings is 1. The molecule has 26 heavy (non-hydrogen) atoms. The molecule has 0 saturated carbocycles. The molecule has 0 aliphatic heterocycles. The van der Waals surface area contributed by atoms with Crippen molar-refractivity contribution in [2.75, 3.05) is 20.3 Å². The topological polar surface area (TPSA) is 55.8 Å². The number of carbonyl (C=O) groups excluding carboxylic acids is 2. The molecule has 0 heterocycles. The highest BCUT2D eigenvalue weighted by atomic mass is 28.4. The molecule has 0 fully saturated rings. The molecular formula is C20H33NO4Si. The van der Waals surface area contributed by atoms with Crippen LogP contribution < -0.4 is 0 Å². The first kappa shape index (κ1) is 22.5. The fourth-order valence-corrected chi connectivity index (χ4v) is 3.35. The summed E-state index contributed by atoms with van der Waals surface area (Å²) in [4.78, 5) is 26.1. The molecule has 0 saturated heterocycles. The number of carbonyl (C=O) groups is 2. The maximum atomic E-state index is 12.5. The quantitative estimate of drug-likeness (QED) is 0.484. The number of Topliss-reactive ketones (excluding diaryl/α,β-unsaturated/α-hetero) is 1. The number of rotatable bonds is 9. The Balaban J connectivity index is 3.03. The lowest BCUT2D eigenvalue weighted by Gasteiger charge is -2.38. The molecule has 1 rings (SSSR count). The van der Waals surface area contributed by atoms with Crippen LogP contribution in [0.5, 0.6) is 0 Å². The minimum atomic E-state index is -2.02. The highest BCUT2D eigenvalue weighted by Gasteiger charge is 2.39. The number of methoxy groups -OCH3 is 1. The van der Waals surface area contributed by atoms with E-state index in [0.29, 0.717) is 6.54 Å². The van der Waals surface area contributed by atoms with Gasteiger partial charge in [0, 0.05) is 6.54 Å². The van der Waals surface area contributed by atoms with E-state index >= 15 is 0 Å². The van der Waals surface area contributed by atoms with Crippen LogP contribution >= 0.6 is 0 Å². The second-order valence-electron chi connectivity index (χ2n) is 8.20. The van der Waals surface area contributed by atoms with E-state index in [1.807, 2.05) is 35.2 Å². The lowest BCUT2D eigenvalue weighted by Crippen LogP contribution is -2.50. The van der Waals surface area contributed by atoms with Gasteiger partial charge in [-0.2, -0.15) is 0 Å². The van der Waals surface area contributed by atoms with Gasteiger partial charge in [-0.1, -0.05) is 51.1 Å². The highest BCUT2D eigenvalue weighted by molar-refractivity contribution is 6.74. The fraction of sp³-hybridized carbons (Fsp3) is 0.600. The van der Waals surface area contributed by atoms with Gasteiger partial charge in [-0.25, -0.2) is 0 Å². The van der Waals surface area contributed by atoms with Crippen LogP contribution in [0, 0.1) is 0 Å². The van der Waals surface area contributed by atoms with Crippen LogP contribution in [0.3, 0.4) is 0 Å². The Morgan fingerprint density at radius 1 is 1.15 bits per heavy atom. The third kappa shape index (κ3) is 6.66. The average Bonchev–Trinajstić information content (AvgIpc) is 2.53. The molecule has 5 nitrogen and oxygen atoms in total. The Bertz CT molecular complexity index is 596. The van der Waals surface area contributed by atoms with Crippen LogP contribution in [0.1, 0.15) is 33.3 Å².